The second-order valence-electron chi connectivity index (χ2n) is 5.09. The molecule has 4 nitrogen and oxygen atoms in total. The summed E-state index contributed by atoms with van der Waals surface area (Å²) >= 11 is 0. The fourth-order valence-corrected chi connectivity index (χ4v) is 2.11. The van der Waals surface area contributed by atoms with Crippen LogP contribution in [0.4, 0.5) is 0 Å². The molecule has 0 aliphatic carbocycles. The third-order valence-corrected chi connectivity index (χ3v) is 3.45. The molecule has 2 aromatic rings. The van der Waals surface area contributed by atoms with Crippen LogP contribution in [-0.4, -0.2) is 19.6 Å². The molecule has 23 heavy (non-hydrogen) atoms. The van der Waals surface area contributed by atoms with Crippen LogP contribution in [0.1, 0.15) is 28.9 Å². The molecule has 1 N–H and O–H groups in total. The van der Waals surface area contributed by atoms with E-state index in [4.69, 9.17) is 9.47 Å². The Labute approximate surface area is 136 Å². The first-order valence-corrected chi connectivity index (χ1v) is 7.42. The number of rotatable bonds is 7. The Morgan fingerprint density at radius 2 is 1.74 bits per heavy atom. The fourth-order valence-electron chi connectivity index (χ4n) is 2.11. The molecule has 0 aromatic heterocycles. The second-order valence-corrected chi connectivity index (χ2v) is 5.09. The Kier molecular flexibility index (Phi) is 5.80. The van der Waals surface area contributed by atoms with Crippen LogP contribution in [-0.2, 0) is 0 Å². The molecule has 2 aromatic carbocycles. The first-order chi connectivity index (χ1) is 11.1. The lowest BCUT2D eigenvalue weighted by atomic mass is 10.1. The largest absolute Gasteiger partial charge is 0.497 e. The van der Waals surface area contributed by atoms with Gasteiger partial charge in [-0.1, -0.05) is 24.8 Å². The maximum Gasteiger partial charge on any atom is 0.251 e. The van der Waals surface area contributed by atoms with Gasteiger partial charge in [0.2, 0.25) is 0 Å². The summed E-state index contributed by atoms with van der Waals surface area (Å²) in [6.45, 7) is 5.99. The van der Waals surface area contributed by atoms with E-state index in [9.17, 15) is 4.79 Å². The number of hydrogen-bond acceptors (Lipinski definition) is 3. The average Bonchev–Trinajstić information content (AvgIpc) is 2.60. The Bertz CT molecular complexity index is 647. The minimum Gasteiger partial charge on any atom is -0.497 e. The number of nitrogens with one attached hydrogen (secondary N) is 1. The summed E-state index contributed by atoms with van der Waals surface area (Å²) < 4.78 is 10.5. The van der Waals surface area contributed by atoms with E-state index in [-0.39, 0.29) is 11.9 Å². The van der Waals surface area contributed by atoms with Crippen LogP contribution < -0.4 is 14.8 Å². The topological polar surface area (TPSA) is 47.6 Å². The minimum atomic E-state index is -0.122. The van der Waals surface area contributed by atoms with Crippen molar-refractivity contribution < 1.29 is 14.3 Å². The molecule has 0 bridgehead atoms. The van der Waals surface area contributed by atoms with Crippen molar-refractivity contribution in [3.05, 3.63) is 72.3 Å². The number of benzene rings is 2. The van der Waals surface area contributed by atoms with Gasteiger partial charge in [-0.2, -0.15) is 0 Å². The highest BCUT2D eigenvalue weighted by atomic mass is 16.5. The standard InChI is InChI=1S/C19H21NO3/c1-4-13-23-18-11-7-16(8-12-18)19(21)20-14(2)15-5-9-17(22-3)10-6-15/h4-12,14H,1,13H2,2-3H3,(H,20,21). The van der Waals surface area contributed by atoms with Crippen molar-refractivity contribution in [1.29, 1.82) is 0 Å². The van der Waals surface area contributed by atoms with Gasteiger partial charge in [-0.3, -0.25) is 4.79 Å². The lowest BCUT2D eigenvalue weighted by Crippen LogP contribution is -2.26. The van der Waals surface area contributed by atoms with Crippen molar-refractivity contribution in [3.63, 3.8) is 0 Å². The van der Waals surface area contributed by atoms with Crippen LogP contribution in [0.5, 0.6) is 11.5 Å². The normalized spacial score (nSPS) is 11.4. The van der Waals surface area contributed by atoms with Crippen LogP contribution in [0, 0.1) is 0 Å². The molecular weight excluding hydrogens is 290 g/mol. The molecule has 0 saturated carbocycles. The fraction of sp³-hybridized carbons (Fsp3) is 0.211. The highest BCUT2D eigenvalue weighted by molar-refractivity contribution is 5.94. The zero-order valence-electron chi connectivity index (χ0n) is 13.4. The summed E-state index contributed by atoms with van der Waals surface area (Å²) in [5.41, 5.74) is 1.61. The summed E-state index contributed by atoms with van der Waals surface area (Å²) in [7, 11) is 1.63. The summed E-state index contributed by atoms with van der Waals surface area (Å²) in [5, 5.41) is 2.98. The van der Waals surface area contributed by atoms with Gasteiger partial charge in [0.25, 0.3) is 5.91 Å². The quantitative estimate of drug-likeness (QED) is 0.792. The molecule has 1 atom stereocenters. The van der Waals surface area contributed by atoms with Crippen LogP contribution in [0.2, 0.25) is 0 Å². The lowest BCUT2D eigenvalue weighted by Gasteiger charge is -2.15. The van der Waals surface area contributed by atoms with E-state index >= 15 is 0 Å². The van der Waals surface area contributed by atoms with Gasteiger partial charge in [-0.05, 0) is 48.9 Å². The average molecular weight is 311 g/mol. The van der Waals surface area contributed by atoms with E-state index < -0.39 is 0 Å². The summed E-state index contributed by atoms with van der Waals surface area (Å²) in [6, 6.07) is 14.6. The maximum atomic E-state index is 12.3. The van der Waals surface area contributed by atoms with Crippen molar-refractivity contribution in [1.82, 2.24) is 5.32 Å². The third-order valence-electron chi connectivity index (χ3n) is 3.45. The molecule has 1 unspecified atom stereocenters. The summed E-state index contributed by atoms with van der Waals surface area (Å²) in [6.07, 6.45) is 1.68. The zero-order valence-corrected chi connectivity index (χ0v) is 13.4. The van der Waals surface area contributed by atoms with Crippen molar-refractivity contribution in [2.24, 2.45) is 0 Å². The van der Waals surface area contributed by atoms with E-state index in [1.54, 1.807) is 37.5 Å². The Hall–Kier alpha value is -2.75. The number of methoxy groups -OCH3 is 1. The zero-order chi connectivity index (χ0) is 16.7. The molecule has 0 spiro atoms. The molecule has 0 aliphatic heterocycles. The van der Waals surface area contributed by atoms with Crippen LogP contribution in [0.25, 0.3) is 0 Å². The van der Waals surface area contributed by atoms with E-state index in [2.05, 4.69) is 11.9 Å². The van der Waals surface area contributed by atoms with Crippen LogP contribution >= 0.6 is 0 Å². The van der Waals surface area contributed by atoms with Crippen molar-refractivity contribution in [2.75, 3.05) is 13.7 Å². The van der Waals surface area contributed by atoms with E-state index in [0.717, 1.165) is 11.3 Å². The molecular formula is C19H21NO3. The smallest absolute Gasteiger partial charge is 0.251 e. The molecule has 1 amide bonds. The van der Waals surface area contributed by atoms with Gasteiger partial charge in [0.1, 0.15) is 18.1 Å². The van der Waals surface area contributed by atoms with Crippen LogP contribution in [0.15, 0.2) is 61.2 Å². The van der Waals surface area contributed by atoms with Gasteiger partial charge in [0, 0.05) is 5.56 Å². The minimum absolute atomic E-state index is 0.0925. The van der Waals surface area contributed by atoms with Crippen molar-refractivity contribution in [3.8, 4) is 11.5 Å². The van der Waals surface area contributed by atoms with Gasteiger partial charge >= 0.3 is 0 Å². The second kappa shape index (κ2) is 8.03. The Morgan fingerprint density at radius 3 is 2.30 bits per heavy atom. The maximum absolute atomic E-state index is 12.3. The number of amides is 1. The van der Waals surface area contributed by atoms with E-state index in [0.29, 0.717) is 17.9 Å². The number of ether oxygens (including phenoxy) is 2. The van der Waals surface area contributed by atoms with Gasteiger partial charge in [-0.15, -0.1) is 0 Å². The molecule has 0 radical (unpaired) electrons. The molecule has 4 heteroatoms. The SMILES string of the molecule is C=CCOc1ccc(C(=O)NC(C)c2ccc(OC)cc2)cc1. The van der Waals surface area contributed by atoms with Crippen molar-refractivity contribution in [2.45, 2.75) is 13.0 Å². The molecule has 0 saturated heterocycles. The van der Waals surface area contributed by atoms with Gasteiger partial charge in [0.15, 0.2) is 0 Å². The highest BCUT2D eigenvalue weighted by Gasteiger charge is 2.11. The third kappa shape index (κ3) is 4.61. The molecule has 0 fully saturated rings. The summed E-state index contributed by atoms with van der Waals surface area (Å²) in [4.78, 5) is 12.3. The predicted molar refractivity (Wildman–Crippen MR) is 91.0 cm³/mol. The van der Waals surface area contributed by atoms with Crippen LogP contribution in [0.3, 0.4) is 0 Å². The molecule has 2 rings (SSSR count). The molecule has 0 aliphatic rings. The predicted octanol–water partition coefficient (Wildman–Crippen LogP) is 3.75. The lowest BCUT2D eigenvalue weighted by molar-refractivity contribution is 0.0940. The first-order valence-electron chi connectivity index (χ1n) is 7.42. The van der Waals surface area contributed by atoms with Gasteiger partial charge in [0.05, 0.1) is 13.2 Å². The molecule has 120 valence electrons. The number of carbonyl (C=O) groups excluding carboxylic acids is 1. The Morgan fingerprint density at radius 1 is 1.13 bits per heavy atom. The van der Waals surface area contributed by atoms with Gasteiger partial charge < -0.3 is 14.8 Å². The Balaban J connectivity index is 1.98. The van der Waals surface area contributed by atoms with Gasteiger partial charge in [-0.25, -0.2) is 0 Å². The number of carbonyl (C=O) groups is 1. The summed E-state index contributed by atoms with van der Waals surface area (Å²) in [5.74, 6) is 1.38. The van der Waals surface area contributed by atoms with E-state index in [1.165, 1.54) is 0 Å². The number of hydrogen-bond donors (Lipinski definition) is 1. The van der Waals surface area contributed by atoms with E-state index in [1.807, 2.05) is 31.2 Å². The monoisotopic (exact) mass is 311 g/mol. The van der Waals surface area contributed by atoms with Crippen molar-refractivity contribution >= 4 is 5.91 Å². The molecule has 0 heterocycles. The highest BCUT2D eigenvalue weighted by Crippen LogP contribution is 2.18. The first kappa shape index (κ1) is 16.6.